The van der Waals surface area contributed by atoms with Crippen LogP contribution >= 0.6 is 11.6 Å². The van der Waals surface area contributed by atoms with Crippen molar-refractivity contribution in [3.8, 4) is 0 Å². The van der Waals surface area contributed by atoms with Crippen LogP contribution in [0.3, 0.4) is 0 Å². The van der Waals surface area contributed by atoms with E-state index in [4.69, 9.17) is 29.1 Å². The van der Waals surface area contributed by atoms with Gasteiger partial charge in [0.15, 0.2) is 0 Å². The summed E-state index contributed by atoms with van der Waals surface area (Å²) in [7, 11) is -5.17. The van der Waals surface area contributed by atoms with E-state index in [2.05, 4.69) is 6.92 Å². The Bertz CT molecular complexity index is 307. The van der Waals surface area contributed by atoms with Crippen molar-refractivity contribution in [3.05, 3.63) is 0 Å². The van der Waals surface area contributed by atoms with Crippen LogP contribution in [0, 0.1) is 0 Å². The largest absolute Gasteiger partial charge is 1.00 e. The van der Waals surface area contributed by atoms with Crippen molar-refractivity contribution in [1.29, 1.82) is 0 Å². The number of unbranched alkanes of at least 4 members (excludes halogenated alkanes) is 15. The van der Waals surface area contributed by atoms with E-state index in [1.165, 1.54) is 103 Å². The molecular formula is C18H37ClNa2O4S. The molecule has 0 aromatic carbocycles. The van der Waals surface area contributed by atoms with Crippen LogP contribution in [0.1, 0.15) is 110 Å². The van der Waals surface area contributed by atoms with Crippen LogP contribution < -0.4 is 59.1 Å². The molecule has 0 aromatic rings. The van der Waals surface area contributed by atoms with Gasteiger partial charge < -0.3 is 9.11 Å². The molecule has 0 saturated carbocycles. The average molecular weight is 431 g/mol. The smallest absolute Gasteiger partial charge is 0.759 e. The zero-order valence-corrected chi connectivity index (χ0v) is 23.0. The molecule has 8 heteroatoms. The van der Waals surface area contributed by atoms with Gasteiger partial charge in [-0.15, -0.1) is 11.6 Å². The van der Waals surface area contributed by atoms with Crippen LogP contribution in [0.4, 0.5) is 0 Å². The van der Waals surface area contributed by atoms with Gasteiger partial charge in [-0.3, -0.25) is 8.42 Å². The van der Waals surface area contributed by atoms with Gasteiger partial charge in [-0.05, 0) is 6.42 Å². The van der Waals surface area contributed by atoms with Crippen molar-refractivity contribution in [1.82, 2.24) is 0 Å². The summed E-state index contributed by atoms with van der Waals surface area (Å²) in [6.07, 6.45) is 22.8. The molecule has 0 fully saturated rings. The normalized spacial score (nSPS) is 10.3. The molecule has 0 aromatic heterocycles. The number of hydrogen-bond donors (Lipinski definition) is 0. The van der Waals surface area contributed by atoms with Gasteiger partial charge in [0.2, 0.25) is 0 Å². The van der Waals surface area contributed by atoms with Gasteiger partial charge >= 0.3 is 59.1 Å². The number of halogens is 1. The molecule has 0 amide bonds. The van der Waals surface area contributed by atoms with E-state index >= 15 is 0 Å². The van der Waals surface area contributed by atoms with E-state index in [0.29, 0.717) is 0 Å². The van der Waals surface area contributed by atoms with Crippen molar-refractivity contribution >= 4 is 22.0 Å². The number of rotatable bonds is 16. The third kappa shape index (κ3) is 50.2. The Morgan fingerprint density at radius 2 is 0.769 bits per heavy atom. The minimum absolute atomic E-state index is 0. The van der Waals surface area contributed by atoms with Crippen molar-refractivity contribution in [2.75, 3.05) is 5.88 Å². The summed E-state index contributed by atoms with van der Waals surface area (Å²) >= 11 is 5.66. The van der Waals surface area contributed by atoms with Crippen molar-refractivity contribution in [3.63, 3.8) is 0 Å². The molecule has 0 bridgehead atoms. The zero-order valence-electron chi connectivity index (χ0n) is 17.4. The molecule has 4 nitrogen and oxygen atoms in total. The SMILES string of the molecule is CCCCCCCCCCCCCCCCCCCl.O=S(=O)([O-])[O-].[Na+].[Na+]. The van der Waals surface area contributed by atoms with Crippen LogP contribution in [-0.4, -0.2) is 23.4 Å². The Kier molecular flexibility index (Phi) is 40.2. The van der Waals surface area contributed by atoms with Crippen LogP contribution in [-0.2, 0) is 10.4 Å². The van der Waals surface area contributed by atoms with Gasteiger partial charge in [0.1, 0.15) is 0 Å². The van der Waals surface area contributed by atoms with Crippen molar-refractivity contribution in [2.45, 2.75) is 110 Å². The fourth-order valence-corrected chi connectivity index (χ4v) is 2.83. The Balaban J connectivity index is -0.000000304. The van der Waals surface area contributed by atoms with E-state index < -0.39 is 10.4 Å². The molecule has 0 aliphatic heterocycles. The molecule has 0 spiro atoms. The topological polar surface area (TPSA) is 80.3 Å². The standard InChI is InChI=1S/C18H37Cl.2Na.H2O4S/c1-2-3-4-5-6-7-8-9-10-11-12-13-14-15-16-17-18-19;;;1-5(2,3)4/h2-18H2,1H3;;;(H2,1,2,3,4)/q;2*+1;/p-2. The molecule has 0 rings (SSSR count). The minimum atomic E-state index is -5.17. The Labute approximate surface area is 212 Å². The van der Waals surface area contributed by atoms with E-state index in [-0.39, 0.29) is 59.1 Å². The molecule has 0 N–H and O–H groups in total. The van der Waals surface area contributed by atoms with Gasteiger partial charge in [0.05, 0.1) is 0 Å². The predicted molar refractivity (Wildman–Crippen MR) is 101 cm³/mol. The van der Waals surface area contributed by atoms with Crippen molar-refractivity contribution < 1.29 is 76.6 Å². The first-order valence-corrected chi connectivity index (χ1v) is 11.5. The third-order valence-electron chi connectivity index (χ3n) is 3.99. The molecule has 148 valence electrons. The summed E-state index contributed by atoms with van der Waals surface area (Å²) in [5.41, 5.74) is 0. The monoisotopic (exact) mass is 430 g/mol. The molecule has 26 heavy (non-hydrogen) atoms. The molecule has 0 unspecified atom stereocenters. The number of alkyl halides is 1. The second-order valence-corrected chi connectivity index (χ2v) is 7.59. The van der Waals surface area contributed by atoms with E-state index in [1.54, 1.807) is 0 Å². The maximum Gasteiger partial charge on any atom is 1.00 e. The van der Waals surface area contributed by atoms with Crippen LogP contribution in [0.15, 0.2) is 0 Å². The Hall–Kier alpha value is 2.16. The number of hydrogen-bond acceptors (Lipinski definition) is 4. The Morgan fingerprint density at radius 3 is 0.962 bits per heavy atom. The second kappa shape index (κ2) is 29.4. The fourth-order valence-electron chi connectivity index (χ4n) is 2.64. The van der Waals surface area contributed by atoms with Gasteiger partial charge in [-0.2, -0.15) is 0 Å². The summed E-state index contributed by atoms with van der Waals surface area (Å²) in [6, 6.07) is 0. The first-order chi connectivity index (χ1) is 11.4. The molecule has 0 atom stereocenters. The molecule has 0 saturated heterocycles. The third-order valence-corrected chi connectivity index (χ3v) is 4.25. The Morgan fingerprint density at radius 1 is 0.577 bits per heavy atom. The van der Waals surface area contributed by atoms with Crippen LogP contribution in [0.5, 0.6) is 0 Å². The first-order valence-electron chi connectivity index (χ1n) is 9.64. The maximum absolute atomic E-state index is 8.52. The van der Waals surface area contributed by atoms with E-state index in [1.807, 2.05) is 0 Å². The maximum atomic E-state index is 8.52. The van der Waals surface area contributed by atoms with Crippen LogP contribution in [0.25, 0.3) is 0 Å². The average Bonchev–Trinajstić information content (AvgIpc) is 2.49. The van der Waals surface area contributed by atoms with Crippen molar-refractivity contribution in [2.24, 2.45) is 0 Å². The minimum Gasteiger partial charge on any atom is -0.759 e. The van der Waals surface area contributed by atoms with Gasteiger partial charge in [-0.25, -0.2) is 0 Å². The summed E-state index contributed by atoms with van der Waals surface area (Å²) in [5, 5.41) is 0. The van der Waals surface area contributed by atoms with Gasteiger partial charge in [0, 0.05) is 16.3 Å². The summed E-state index contributed by atoms with van der Waals surface area (Å²) < 4.78 is 34.1. The molecular weight excluding hydrogens is 394 g/mol. The van der Waals surface area contributed by atoms with Gasteiger partial charge in [0.25, 0.3) is 0 Å². The zero-order chi connectivity index (χ0) is 18.5. The second-order valence-electron chi connectivity index (χ2n) is 6.40. The van der Waals surface area contributed by atoms with E-state index in [9.17, 15) is 0 Å². The summed E-state index contributed by atoms with van der Waals surface area (Å²) in [6.45, 7) is 2.29. The molecule has 0 aliphatic rings. The molecule has 0 radical (unpaired) electrons. The fraction of sp³-hybridized carbons (Fsp3) is 1.00. The predicted octanol–water partition coefficient (Wildman–Crippen LogP) is 0.157. The van der Waals surface area contributed by atoms with Crippen LogP contribution in [0.2, 0.25) is 0 Å². The summed E-state index contributed by atoms with van der Waals surface area (Å²) in [4.78, 5) is 0. The van der Waals surface area contributed by atoms with Gasteiger partial charge in [-0.1, -0.05) is 103 Å². The first kappa shape index (κ1) is 35.6. The molecule has 0 aliphatic carbocycles. The summed E-state index contributed by atoms with van der Waals surface area (Å²) in [5.74, 6) is 0.846. The molecule has 0 heterocycles. The quantitative estimate of drug-likeness (QED) is 0.115. The van der Waals surface area contributed by atoms with E-state index in [0.717, 1.165) is 5.88 Å².